The first-order valence-corrected chi connectivity index (χ1v) is 10.3. The fraction of sp³-hybridized carbons (Fsp3) is 0.304. The van der Waals surface area contributed by atoms with Crippen LogP contribution in [0.3, 0.4) is 0 Å². The molecule has 1 saturated heterocycles. The van der Waals surface area contributed by atoms with Crippen LogP contribution in [0.15, 0.2) is 41.5 Å². The van der Waals surface area contributed by atoms with E-state index in [9.17, 15) is 14.0 Å². The molecule has 0 bridgehead atoms. The Morgan fingerprint density at radius 1 is 1.28 bits per heavy atom. The average Bonchev–Trinajstić information content (AvgIpc) is 3.17. The molecule has 3 heterocycles. The Hall–Kier alpha value is -3.77. The molecule has 1 unspecified atom stereocenters. The van der Waals surface area contributed by atoms with E-state index in [4.69, 9.17) is 5.26 Å². The van der Waals surface area contributed by atoms with Gasteiger partial charge in [0, 0.05) is 38.1 Å². The summed E-state index contributed by atoms with van der Waals surface area (Å²) in [5, 5.41) is 11.8. The molecule has 0 saturated carbocycles. The first-order chi connectivity index (χ1) is 15.3. The number of piperazine rings is 1. The number of pyridine rings is 1. The van der Waals surface area contributed by atoms with Crippen molar-refractivity contribution in [1.29, 1.82) is 5.26 Å². The van der Waals surface area contributed by atoms with Gasteiger partial charge in [-0.25, -0.2) is 14.1 Å². The molecule has 164 valence electrons. The molecule has 1 aliphatic heterocycles. The van der Waals surface area contributed by atoms with Crippen molar-refractivity contribution < 1.29 is 9.18 Å². The van der Waals surface area contributed by atoms with Crippen molar-refractivity contribution in [3.05, 3.63) is 69.5 Å². The van der Waals surface area contributed by atoms with Crippen molar-refractivity contribution in [2.75, 3.05) is 26.7 Å². The second kappa shape index (κ2) is 8.40. The molecule has 4 rings (SSSR count). The molecular weight excluding hydrogens is 411 g/mol. The number of carbonyl (C=O) groups excluding carboxylic acids is 1. The van der Waals surface area contributed by atoms with Crippen molar-refractivity contribution in [1.82, 2.24) is 24.6 Å². The SMILES string of the molecule is Cc1cc(C#N)c(F)cc1-c1c[nH]n(-c2ccc(C(=O)N3CCN(C)C(C)C3)cn2)c1=O. The molecule has 0 radical (unpaired) electrons. The summed E-state index contributed by atoms with van der Waals surface area (Å²) in [6, 6.07) is 7.93. The standard InChI is InChI=1S/C23H23FN6O2/c1-14-8-17(10-25)20(24)9-18(14)19-12-27-30(23(19)32)21-5-4-16(11-26-21)22(31)29-7-6-28(3)15(2)13-29/h4-5,8-9,11-12,15,27H,6-7,13H2,1-3H3. The van der Waals surface area contributed by atoms with Crippen LogP contribution in [0.1, 0.15) is 28.4 Å². The Balaban J connectivity index is 1.59. The van der Waals surface area contributed by atoms with E-state index in [1.165, 1.54) is 29.2 Å². The van der Waals surface area contributed by atoms with Gasteiger partial charge < -0.3 is 9.80 Å². The van der Waals surface area contributed by atoms with Crippen molar-refractivity contribution >= 4 is 5.91 Å². The van der Waals surface area contributed by atoms with Crippen molar-refractivity contribution in [3.8, 4) is 23.0 Å². The van der Waals surface area contributed by atoms with Gasteiger partial charge in [0.15, 0.2) is 5.82 Å². The van der Waals surface area contributed by atoms with Gasteiger partial charge in [-0.3, -0.25) is 14.7 Å². The molecule has 0 aliphatic carbocycles. The largest absolute Gasteiger partial charge is 0.336 e. The summed E-state index contributed by atoms with van der Waals surface area (Å²) in [7, 11) is 2.04. The third kappa shape index (κ3) is 3.81. The highest BCUT2D eigenvalue weighted by atomic mass is 19.1. The predicted octanol–water partition coefficient (Wildman–Crippen LogP) is 2.32. The van der Waals surface area contributed by atoms with Crippen molar-refractivity contribution in [2.45, 2.75) is 19.9 Å². The first kappa shape index (κ1) is 21.5. The molecule has 32 heavy (non-hydrogen) atoms. The maximum atomic E-state index is 14.1. The number of aromatic nitrogens is 3. The molecule has 1 atom stereocenters. The Kier molecular flexibility index (Phi) is 5.63. The van der Waals surface area contributed by atoms with Crippen LogP contribution in [0.25, 0.3) is 16.9 Å². The van der Waals surface area contributed by atoms with Crippen LogP contribution in [-0.2, 0) is 0 Å². The molecule has 1 aromatic carbocycles. The zero-order valence-electron chi connectivity index (χ0n) is 18.1. The van der Waals surface area contributed by atoms with Crippen LogP contribution in [0.5, 0.6) is 0 Å². The fourth-order valence-electron chi connectivity index (χ4n) is 3.85. The average molecular weight is 434 g/mol. The van der Waals surface area contributed by atoms with Crippen LogP contribution < -0.4 is 5.56 Å². The van der Waals surface area contributed by atoms with Gasteiger partial charge >= 0.3 is 0 Å². The number of nitriles is 1. The lowest BCUT2D eigenvalue weighted by molar-refractivity contribution is 0.0572. The maximum absolute atomic E-state index is 14.1. The highest BCUT2D eigenvalue weighted by molar-refractivity contribution is 5.94. The van der Waals surface area contributed by atoms with Crippen LogP contribution in [0.4, 0.5) is 4.39 Å². The maximum Gasteiger partial charge on any atom is 0.280 e. The number of amides is 1. The highest BCUT2D eigenvalue weighted by Crippen LogP contribution is 2.24. The number of H-pyrrole nitrogens is 1. The molecule has 1 fully saturated rings. The van der Waals surface area contributed by atoms with E-state index in [1.54, 1.807) is 25.1 Å². The number of hydrogen-bond donors (Lipinski definition) is 1. The van der Waals surface area contributed by atoms with Gasteiger partial charge in [0.05, 0.1) is 16.7 Å². The van der Waals surface area contributed by atoms with Gasteiger partial charge in [-0.15, -0.1) is 0 Å². The number of rotatable bonds is 3. The number of nitrogens with zero attached hydrogens (tertiary/aromatic N) is 5. The topological polar surface area (TPSA) is 98.0 Å². The Labute approximate surface area is 184 Å². The summed E-state index contributed by atoms with van der Waals surface area (Å²) in [6.45, 7) is 5.91. The number of halogens is 1. The number of nitrogens with one attached hydrogen (secondary N) is 1. The van der Waals surface area contributed by atoms with Gasteiger partial charge in [0.2, 0.25) is 0 Å². The fourth-order valence-corrected chi connectivity index (χ4v) is 3.85. The molecule has 0 spiro atoms. The second-order valence-corrected chi connectivity index (χ2v) is 8.07. The minimum Gasteiger partial charge on any atom is -0.336 e. The van der Waals surface area contributed by atoms with Crippen LogP contribution in [-0.4, -0.2) is 63.2 Å². The second-order valence-electron chi connectivity index (χ2n) is 8.07. The summed E-state index contributed by atoms with van der Waals surface area (Å²) < 4.78 is 15.3. The molecule has 8 nitrogen and oxygen atoms in total. The smallest absolute Gasteiger partial charge is 0.280 e. The van der Waals surface area contributed by atoms with E-state index in [1.807, 2.05) is 11.9 Å². The minimum atomic E-state index is -0.681. The molecule has 1 amide bonds. The van der Waals surface area contributed by atoms with Gasteiger partial charge in [-0.05, 0) is 56.3 Å². The van der Waals surface area contributed by atoms with Crippen molar-refractivity contribution in [2.24, 2.45) is 0 Å². The summed E-state index contributed by atoms with van der Waals surface area (Å²) in [6.07, 6.45) is 2.93. The van der Waals surface area contributed by atoms with Crippen LogP contribution in [0, 0.1) is 24.1 Å². The number of likely N-dealkylation sites (N-methyl/N-ethyl adjacent to an activating group) is 1. The number of aryl methyl sites for hydroxylation is 1. The zero-order chi connectivity index (χ0) is 23.0. The lowest BCUT2D eigenvalue weighted by Crippen LogP contribution is -2.52. The first-order valence-electron chi connectivity index (χ1n) is 10.3. The summed E-state index contributed by atoms with van der Waals surface area (Å²) >= 11 is 0. The molecular formula is C23H23FN6O2. The Morgan fingerprint density at radius 2 is 2.06 bits per heavy atom. The molecule has 9 heteroatoms. The lowest BCUT2D eigenvalue weighted by Gasteiger charge is -2.37. The normalized spacial score (nSPS) is 16.7. The summed E-state index contributed by atoms with van der Waals surface area (Å²) in [5.74, 6) is -0.456. The highest BCUT2D eigenvalue weighted by Gasteiger charge is 2.25. The van der Waals surface area contributed by atoms with E-state index in [2.05, 4.69) is 21.9 Å². The van der Waals surface area contributed by atoms with Crippen molar-refractivity contribution in [3.63, 3.8) is 0 Å². The Morgan fingerprint density at radius 3 is 2.72 bits per heavy atom. The van der Waals surface area contributed by atoms with E-state index in [-0.39, 0.29) is 23.1 Å². The third-order valence-corrected chi connectivity index (χ3v) is 5.97. The Bertz CT molecular complexity index is 1270. The predicted molar refractivity (Wildman–Crippen MR) is 117 cm³/mol. The number of aromatic amines is 1. The number of benzene rings is 1. The third-order valence-electron chi connectivity index (χ3n) is 5.97. The van der Waals surface area contributed by atoms with Gasteiger partial charge in [0.25, 0.3) is 11.5 Å². The van der Waals surface area contributed by atoms with E-state index in [0.717, 1.165) is 6.54 Å². The lowest BCUT2D eigenvalue weighted by atomic mass is 10.0. The number of hydrogen-bond acceptors (Lipinski definition) is 5. The number of carbonyl (C=O) groups is 1. The van der Waals surface area contributed by atoms with E-state index >= 15 is 0 Å². The molecule has 3 aromatic rings. The molecule has 1 N–H and O–H groups in total. The summed E-state index contributed by atoms with van der Waals surface area (Å²) in [5.41, 5.74) is 1.25. The van der Waals surface area contributed by atoms with E-state index in [0.29, 0.717) is 35.6 Å². The monoisotopic (exact) mass is 434 g/mol. The van der Waals surface area contributed by atoms with Gasteiger partial charge in [-0.1, -0.05) is 0 Å². The molecule has 1 aliphatic rings. The molecule has 2 aromatic heterocycles. The van der Waals surface area contributed by atoms with Gasteiger partial charge in [-0.2, -0.15) is 5.26 Å². The minimum absolute atomic E-state index is 0.0706. The van der Waals surface area contributed by atoms with Crippen LogP contribution >= 0.6 is 0 Å². The summed E-state index contributed by atoms with van der Waals surface area (Å²) in [4.78, 5) is 34.1. The van der Waals surface area contributed by atoms with E-state index < -0.39 is 11.4 Å². The quantitative estimate of drug-likeness (QED) is 0.682. The van der Waals surface area contributed by atoms with Crippen LogP contribution in [0.2, 0.25) is 0 Å². The van der Waals surface area contributed by atoms with Gasteiger partial charge in [0.1, 0.15) is 11.9 Å². The zero-order valence-corrected chi connectivity index (χ0v) is 18.1.